The first-order chi connectivity index (χ1) is 14.4. The van der Waals surface area contributed by atoms with Crippen LogP contribution in [-0.4, -0.2) is 47.4 Å². The first kappa shape index (κ1) is 22.4. The number of ether oxygens (including phenoxy) is 1. The summed E-state index contributed by atoms with van der Waals surface area (Å²) in [6.45, 7) is 7.09. The van der Waals surface area contributed by atoms with Crippen molar-refractivity contribution in [1.29, 1.82) is 0 Å². The number of nitrogens with zero attached hydrogens (tertiary/aromatic N) is 4. The minimum Gasteiger partial charge on any atom is -0.443 e. The zero-order valence-electron chi connectivity index (χ0n) is 18.0. The smallest absolute Gasteiger partial charge is 0.417 e. The summed E-state index contributed by atoms with van der Waals surface area (Å²) in [5.41, 5.74) is -0.895. The number of hydrogen-bond donors (Lipinski definition) is 0. The third-order valence-electron chi connectivity index (χ3n) is 4.32. The van der Waals surface area contributed by atoms with Crippen LogP contribution in [-0.2, 0) is 14.6 Å². The maximum atomic E-state index is 13.6. The molecule has 164 valence electrons. The van der Waals surface area contributed by atoms with E-state index < -0.39 is 27.1 Å². The van der Waals surface area contributed by atoms with Gasteiger partial charge in [0, 0.05) is 19.0 Å². The zero-order chi connectivity index (χ0) is 23.0. The number of pyridine rings is 1. The molecule has 0 atom stereocenters. The zero-order valence-corrected chi connectivity index (χ0v) is 18.8. The van der Waals surface area contributed by atoms with Crippen molar-refractivity contribution in [1.82, 2.24) is 14.5 Å². The van der Waals surface area contributed by atoms with Gasteiger partial charge in [0.25, 0.3) is 5.56 Å². The van der Waals surface area contributed by atoms with E-state index in [1.54, 1.807) is 39.8 Å². The van der Waals surface area contributed by atoms with E-state index in [1.165, 1.54) is 40.1 Å². The molecular formula is C21H24N4O5S. The van der Waals surface area contributed by atoms with Crippen molar-refractivity contribution < 1.29 is 17.9 Å². The number of carbonyl (C=O) groups excluding carboxylic acids is 1. The van der Waals surface area contributed by atoms with Crippen LogP contribution in [0, 0.1) is 0 Å². The number of fused-ring (bicyclic) bond motifs is 1. The van der Waals surface area contributed by atoms with Gasteiger partial charge in [-0.2, -0.15) is 0 Å². The lowest BCUT2D eigenvalue weighted by Gasteiger charge is -2.27. The quantitative estimate of drug-likeness (QED) is 0.608. The number of amides is 1. The second-order valence-electron chi connectivity index (χ2n) is 7.91. The minimum absolute atomic E-state index is 0.00732. The van der Waals surface area contributed by atoms with Gasteiger partial charge in [-0.1, -0.05) is 6.07 Å². The molecule has 0 aliphatic carbocycles. The molecule has 0 aliphatic rings. The largest absolute Gasteiger partial charge is 0.443 e. The number of aromatic nitrogens is 3. The lowest BCUT2D eigenvalue weighted by atomic mass is 10.2. The average molecular weight is 445 g/mol. The van der Waals surface area contributed by atoms with Gasteiger partial charge in [0.15, 0.2) is 9.84 Å². The summed E-state index contributed by atoms with van der Waals surface area (Å²) in [6.07, 6.45) is 3.32. The highest BCUT2D eigenvalue weighted by Crippen LogP contribution is 2.24. The first-order valence-electron chi connectivity index (χ1n) is 9.61. The highest BCUT2D eigenvalue weighted by Gasteiger charge is 2.28. The summed E-state index contributed by atoms with van der Waals surface area (Å²) in [6, 6.07) is 7.65. The molecule has 3 aromatic rings. The van der Waals surface area contributed by atoms with Crippen LogP contribution < -0.4 is 10.5 Å². The van der Waals surface area contributed by atoms with Gasteiger partial charge in [0.05, 0.1) is 27.7 Å². The topological polar surface area (TPSA) is 111 Å². The summed E-state index contributed by atoms with van der Waals surface area (Å²) < 4.78 is 31.3. The van der Waals surface area contributed by atoms with Crippen LogP contribution in [0.5, 0.6) is 0 Å². The predicted octanol–water partition coefficient (Wildman–Crippen LogP) is 2.95. The average Bonchev–Trinajstić information content (AvgIpc) is 2.67. The van der Waals surface area contributed by atoms with Crippen LogP contribution in [0.2, 0.25) is 0 Å². The molecule has 31 heavy (non-hydrogen) atoms. The summed E-state index contributed by atoms with van der Waals surface area (Å²) in [4.78, 5) is 36.1. The van der Waals surface area contributed by atoms with Gasteiger partial charge in [0.2, 0.25) is 5.95 Å². The Bertz CT molecular complexity index is 1300. The summed E-state index contributed by atoms with van der Waals surface area (Å²) in [5, 5.41) is -0.0576. The molecule has 3 rings (SSSR count). The molecule has 0 unspecified atom stereocenters. The van der Waals surface area contributed by atoms with Gasteiger partial charge in [0.1, 0.15) is 5.60 Å². The van der Waals surface area contributed by atoms with Crippen molar-refractivity contribution in [3.05, 3.63) is 53.1 Å². The third-order valence-corrected chi connectivity index (χ3v) is 5.46. The summed E-state index contributed by atoms with van der Waals surface area (Å²) >= 11 is 0. The number of carbonyl (C=O) groups is 1. The van der Waals surface area contributed by atoms with E-state index in [-0.39, 0.29) is 28.3 Å². The Morgan fingerprint density at radius 1 is 1.19 bits per heavy atom. The molecule has 0 spiro atoms. The normalized spacial score (nSPS) is 12.0. The molecule has 1 aromatic carbocycles. The summed E-state index contributed by atoms with van der Waals surface area (Å²) in [7, 11) is -3.70. The Kier molecular flexibility index (Phi) is 5.86. The maximum absolute atomic E-state index is 13.6. The molecule has 0 aliphatic heterocycles. The fourth-order valence-electron chi connectivity index (χ4n) is 3.07. The monoisotopic (exact) mass is 444 g/mol. The molecule has 0 fully saturated rings. The van der Waals surface area contributed by atoms with Crippen molar-refractivity contribution in [3.8, 4) is 5.69 Å². The van der Waals surface area contributed by atoms with Crippen LogP contribution in [0.4, 0.5) is 10.7 Å². The van der Waals surface area contributed by atoms with E-state index in [1.807, 2.05) is 0 Å². The Labute approximate surface area is 180 Å². The van der Waals surface area contributed by atoms with Crippen molar-refractivity contribution in [3.63, 3.8) is 0 Å². The van der Waals surface area contributed by atoms with Crippen LogP contribution in [0.25, 0.3) is 16.6 Å². The fraction of sp³-hybridized carbons (Fsp3) is 0.333. The van der Waals surface area contributed by atoms with Crippen molar-refractivity contribution in [2.45, 2.75) is 38.2 Å². The van der Waals surface area contributed by atoms with E-state index in [0.29, 0.717) is 5.69 Å². The number of rotatable bonds is 4. The lowest BCUT2D eigenvalue weighted by Crippen LogP contribution is -2.40. The molecule has 2 aromatic heterocycles. The van der Waals surface area contributed by atoms with Gasteiger partial charge in [-0.25, -0.2) is 27.7 Å². The molecule has 1 amide bonds. The molecule has 2 heterocycles. The van der Waals surface area contributed by atoms with Crippen LogP contribution in [0.3, 0.4) is 0 Å². The SMILES string of the molecule is CCN(C(=O)OC(C)(C)C)c1nc2cccc(S(C)(=O)=O)c2c(=O)n1-c1cccnc1. The van der Waals surface area contributed by atoms with E-state index in [2.05, 4.69) is 9.97 Å². The lowest BCUT2D eigenvalue weighted by molar-refractivity contribution is 0.0579. The van der Waals surface area contributed by atoms with Gasteiger partial charge in [-0.05, 0) is 52.0 Å². The number of anilines is 1. The molecular weight excluding hydrogens is 420 g/mol. The van der Waals surface area contributed by atoms with E-state index >= 15 is 0 Å². The predicted molar refractivity (Wildman–Crippen MR) is 117 cm³/mol. The standard InChI is InChI=1S/C21H24N4O5S/c1-6-24(20(27)30-21(2,3)4)19-23-15-10-7-11-16(31(5,28)29)17(15)18(26)25(19)14-9-8-12-22-13-14/h7-13H,6H2,1-5H3. The number of hydrogen-bond acceptors (Lipinski definition) is 7. The Hall–Kier alpha value is -3.27. The Morgan fingerprint density at radius 3 is 2.45 bits per heavy atom. The highest BCUT2D eigenvalue weighted by atomic mass is 32.2. The van der Waals surface area contributed by atoms with Crippen molar-refractivity contribution in [2.75, 3.05) is 17.7 Å². The third kappa shape index (κ3) is 4.58. The molecule has 0 saturated heterocycles. The van der Waals surface area contributed by atoms with Crippen molar-refractivity contribution in [2.24, 2.45) is 0 Å². The highest BCUT2D eigenvalue weighted by molar-refractivity contribution is 7.91. The second kappa shape index (κ2) is 8.10. The van der Waals surface area contributed by atoms with E-state index in [9.17, 15) is 18.0 Å². The van der Waals surface area contributed by atoms with Gasteiger partial charge in [-0.15, -0.1) is 0 Å². The van der Waals surface area contributed by atoms with E-state index in [4.69, 9.17) is 4.74 Å². The van der Waals surface area contributed by atoms with Crippen LogP contribution in [0.15, 0.2) is 52.4 Å². The Balaban J connectivity index is 2.41. The van der Waals surface area contributed by atoms with Gasteiger partial charge >= 0.3 is 6.09 Å². The van der Waals surface area contributed by atoms with Crippen molar-refractivity contribution >= 4 is 32.8 Å². The molecule has 0 bridgehead atoms. The molecule has 0 N–H and O–H groups in total. The Morgan fingerprint density at radius 2 is 1.90 bits per heavy atom. The number of benzene rings is 1. The summed E-state index contributed by atoms with van der Waals surface area (Å²) in [5.74, 6) is 0.00732. The van der Waals surface area contributed by atoms with Crippen LogP contribution >= 0.6 is 0 Å². The van der Waals surface area contributed by atoms with Crippen LogP contribution in [0.1, 0.15) is 27.7 Å². The second-order valence-corrected chi connectivity index (χ2v) is 9.89. The number of sulfone groups is 1. The van der Waals surface area contributed by atoms with Gasteiger partial charge in [-0.3, -0.25) is 9.78 Å². The molecule has 0 saturated carbocycles. The molecule has 0 radical (unpaired) electrons. The van der Waals surface area contributed by atoms with E-state index in [0.717, 1.165) is 6.26 Å². The minimum atomic E-state index is -3.70. The molecule has 10 heteroatoms. The fourth-order valence-corrected chi connectivity index (χ4v) is 3.95. The molecule has 9 nitrogen and oxygen atoms in total. The first-order valence-corrected chi connectivity index (χ1v) is 11.5. The van der Waals surface area contributed by atoms with Gasteiger partial charge < -0.3 is 4.74 Å². The maximum Gasteiger partial charge on any atom is 0.417 e.